The Labute approximate surface area is 689 Å². The lowest BCUT2D eigenvalue weighted by molar-refractivity contribution is -0.143. The van der Waals surface area contributed by atoms with Gasteiger partial charge in [0.15, 0.2) is 0 Å². The number of nitrogens with zero attached hydrogens (tertiary/aromatic N) is 2. The average molecular weight is 1680 g/mol. The third-order valence-corrected chi connectivity index (χ3v) is 18.8. The first kappa shape index (κ1) is 103. The third-order valence-electron chi connectivity index (χ3n) is 18.8. The fourth-order valence-corrected chi connectivity index (χ4v) is 12.5. The van der Waals surface area contributed by atoms with Crippen LogP contribution in [0, 0.1) is 17.8 Å². The number of phenolic OH excluding ortho intramolecular Hbond substituents is 1. The average Bonchev–Trinajstić information content (AvgIpc) is 1.72. The molecule has 1 aromatic carbocycles. The van der Waals surface area contributed by atoms with Crippen molar-refractivity contribution in [3.05, 3.63) is 41.6 Å². The second-order valence-electron chi connectivity index (χ2n) is 30.1. The molecule has 0 spiro atoms. The first-order chi connectivity index (χ1) is 55.9. The van der Waals surface area contributed by atoms with Gasteiger partial charge in [0.05, 0.1) is 19.1 Å². The van der Waals surface area contributed by atoms with E-state index >= 15 is 0 Å². The maximum atomic E-state index is 14.7. The number of nitrogens with two attached hydrogens (primary N) is 5. The fraction of sp³-hybridized carbons (Fsp3) is 0.632. The number of amides is 18. The number of aliphatic hydroxyl groups excluding tert-OH is 2. The number of aromatic hydroxyl groups is 1. The van der Waals surface area contributed by atoms with Crippen molar-refractivity contribution in [1.82, 2.24) is 74.0 Å². The van der Waals surface area contributed by atoms with Crippen LogP contribution in [-0.2, 0) is 97.5 Å². The van der Waals surface area contributed by atoms with Crippen LogP contribution < -0.4 is 97.8 Å². The van der Waals surface area contributed by atoms with Gasteiger partial charge < -0.3 is 123 Å². The van der Waals surface area contributed by atoms with E-state index in [-0.39, 0.29) is 87.9 Å². The molecule has 0 aliphatic carbocycles. The van der Waals surface area contributed by atoms with Crippen molar-refractivity contribution < 1.29 is 112 Å². The quantitative estimate of drug-likeness (QED) is 0.0164. The van der Waals surface area contributed by atoms with Crippen LogP contribution in [0.4, 0.5) is 0 Å². The molecule has 0 bridgehead atoms. The molecule has 27 N–H and O–H groups in total. The molecule has 0 aromatic heterocycles. The molecule has 43 heteroatoms. The number of carbonyl (C=O) groups is 19. The number of likely N-dealkylation sites (tertiary alicyclic amines) is 1. The van der Waals surface area contributed by atoms with Gasteiger partial charge in [-0.05, 0) is 146 Å². The van der Waals surface area contributed by atoms with Gasteiger partial charge in [0.25, 0.3) is 5.91 Å². The van der Waals surface area contributed by atoms with E-state index in [4.69, 9.17) is 28.7 Å². The molecule has 119 heavy (non-hydrogen) atoms. The zero-order chi connectivity index (χ0) is 90.1. The number of nitrogens with one attached hydrogen (secondary N) is 13. The standard InChI is InChI=1S/C76H122N20O23/c1-11-45(82-10)64(107)83-31-15-13-17-46(63(81)106)85-65(108)47(18-12-14-30-77)86-69(112)51(33-38(2)3)90-70(113)52(34-39(4)5)92-75(118)62(41(8)98)95-72(115)53(35-43-20-22-44(100)23-21-43)91-73(116)56-19-16-32-96(56)76(119)55(37-97)93-74(117)61(40(6)7)94-68(111)49(25-28-58(79)102)87-67(110)50(26-29-60(104)105)88-66(109)48(24-27-57(78)101)89-71(114)54(36-59(80)103)84-42(9)99/h11,20-23,38-41,46-56,61-62,97-98,100H,10,12-19,24-37,77H2,1-9H3,(H2,78,101)(H2,79,102)(H2,80,103)(H2,81,106)(H,83,107)(H,84,99)(H,85,108)(H,86,112)(H,87,110)(H,88,109)(H,89,114)(H,90,113)(H,91,116)(H,92,118)(H,93,117)(H,94,111)(H,95,115)(H,104,105)/b45-11-/t41-,46?,47-,48-,49-,50-,51-,52-,53-,54-,55-,56-,61-,62-/m0/s1. The Balaban J connectivity index is 2.48. The molecule has 2 rings (SSSR count). The summed E-state index contributed by atoms with van der Waals surface area (Å²) >= 11 is 0. The normalized spacial score (nSPS) is 15.9. The van der Waals surface area contributed by atoms with Gasteiger partial charge in [-0.3, -0.25) is 96.1 Å². The zero-order valence-corrected chi connectivity index (χ0v) is 68.8. The van der Waals surface area contributed by atoms with Gasteiger partial charge in [-0.1, -0.05) is 59.8 Å². The molecule has 664 valence electrons. The Morgan fingerprint density at radius 3 is 1.39 bits per heavy atom. The minimum Gasteiger partial charge on any atom is -0.508 e. The van der Waals surface area contributed by atoms with Gasteiger partial charge in [-0.25, -0.2) is 0 Å². The largest absolute Gasteiger partial charge is 0.508 e. The number of unbranched alkanes of at least 4 members (excludes halogenated alkanes) is 2. The fourth-order valence-electron chi connectivity index (χ4n) is 12.5. The van der Waals surface area contributed by atoms with Gasteiger partial charge in [0.2, 0.25) is 100 Å². The van der Waals surface area contributed by atoms with E-state index in [0.29, 0.717) is 31.2 Å². The molecule has 1 aromatic rings. The Morgan fingerprint density at radius 1 is 0.521 bits per heavy atom. The number of aliphatic hydroxyl groups is 2. The van der Waals surface area contributed by atoms with Crippen LogP contribution in [0.25, 0.3) is 0 Å². The predicted molar refractivity (Wildman–Crippen MR) is 428 cm³/mol. The number of aliphatic carboxylic acids is 1. The van der Waals surface area contributed by atoms with Crippen LogP contribution >= 0.6 is 0 Å². The summed E-state index contributed by atoms with van der Waals surface area (Å²) in [5, 5.41) is 73.7. The van der Waals surface area contributed by atoms with Crippen molar-refractivity contribution in [2.24, 2.45) is 51.4 Å². The molecular weight excluding hydrogens is 1560 g/mol. The van der Waals surface area contributed by atoms with E-state index in [1.807, 2.05) is 0 Å². The van der Waals surface area contributed by atoms with E-state index in [1.165, 1.54) is 44.2 Å². The highest BCUT2D eigenvalue weighted by Gasteiger charge is 2.43. The van der Waals surface area contributed by atoms with Crippen LogP contribution in [0.15, 0.2) is 41.0 Å². The van der Waals surface area contributed by atoms with Gasteiger partial charge in [0, 0.05) is 45.7 Å². The van der Waals surface area contributed by atoms with E-state index in [9.17, 15) is 112 Å². The molecule has 1 heterocycles. The highest BCUT2D eigenvalue weighted by molar-refractivity contribution is 6.01. The number of hydrogen-bond donors (Lipinski definition) is 22. The number of carbonyl (C=O) groups excluding carboxylic acids is 18. The highest BCUT2D eigenvalue weighted by atomic mass is 16.4. The number of primary amides is 4. The summed E-state index contributed by atoms with van der Waals surface area (Å²) in [7, 11) is 0. The molecular formula is C76H122N20O23. The maximum Gasteiger partial charge on any atom is 0.303 e. The monoisotopic (exact) mass is 1680 g/mol. The summed E-state index contributed by atoms with van der Waals surface area (Å²) in [6.07, 6.45) is -3.54. The van der Waals surface area contributed by atoms with Crippen LogP contribution in [0.1, 0.15) is 177 Å². The topological polar surface area (TPSA) is 707 Å². The number of benzene rings is 1. The molecule has 43 nitrogen and oxygen atoms in total. The lowest BCUT2D eigenvalue weighted by Gasteiger charge is -2.31. The van der Waals surface area contributed by atoms with Crippen LogP contribution in [0.5, 0.6) is 5.75 Å². The molecule has 1 aliphatic rings. The number of carboxylic acid groups (broad SMARTS) is 1. The summed E-state index contributed by atoms with van der Waals surface area (Å²) in [6, 6.07) is -15.4. The van der Waals surface area contributed by atoms with Gasteiger partial charge in [0.1, 0.15) is 90.0 Å². The lowest BCUT2D eigenvalue weighted by atomic mass is 9.99. The molecule has 0 saturated carbocycles. The first-order valence-electron chi connectivity index (χ1n) is 39.3. The van der Waals surface area contributed by atoms with E-state index in [0.717, 1.165) is 18.7 Å². The molecule has 1 saturated heterocycles. The molecule has 18 amide bonds. The Bertz CT molecular complexity index is 3730. The molecule has 0 radical (unpaired) electrons. The van der Waals surface area contributed by atoms with Crippen LogP contribution in [0.3, 0.4) is 0 Å². The summed E-state index contributed by atoms with van der Waals surface area (Å²) < 4.78 is 0. The van der Waals surface area contributed by atoms with Crippen molar-refractivity contribution in [2.75, 3.05) is 26.2 Å². The van der Waals surface area contributed by atoms with Gasteiger partial charge in [-0.2, -0.15) is 0 Å². The second kappa shape index (κ2) is 52.8. The third kappa shape index (κ3) is 38.0. The summed E-state index contributed by atoms with van der Waals surface area (Å²) in [5.41, 5.74) is 27.9. The molecule has 1 fully saturated rings. The van der Waals surface area contributed by atoms with Gasteiger partial charge in [-0.15, -0.1) is 0 Å². The number of phenols is 1. The SMILES string of the molecule is C=N/C(=C\C)C(=O)NCCCCC(NC(=O)[C@H](CCCCN)NC(=O)[C@H](CC(C)C)NC(=O)[C@H](CC(C)C)NC(=O)[C@@H](NC(=O)[C@H](Cc1ccc(O)cc1)NC(=O)[C@@H]1CCCN1C(=O)[C@H](CO)NC(=O)[C@@H](NC(=O)[C@H](CCC(N)=O)NC(=O)[C@H](CCC(=O)O)NC(=O)[C@H](CCC(N)=O)NC(=O)[C@H](CC(N)=O)NC(C)=O)C(C)C)[C@H](C)O)C(N)=O. The van der Waals surface area contributed by atoms with Crippen molar-refractivity contribution >= 4 is 119 Å². The summed E-state index contributed by atoms with van der Waals surface area (Å²) in [6.45, 7) is 16.1. The Morgan fingerprint density at radius 2 is 0.950 bits per heavy atom. The minimum atomic E-state index is -1.88. The number of hydrogen-bond acceptors (Lipinski definition) is 24. The van der Waals surface area contributed by atoms with Gasteiger partial charge >= 0.3 is 5.97 Å². The van der Waals surface area contributed by atoms with Crippen molar-refractivity contribution in [2.45, 2.75) is 263 Å². The molecule has 1 unspecified atom stereocenters. The van der Waals surface area contributed by atoms with Crippen molar-refractivity contribution in [3.8, 4) is 5.75 Å². The highest BCUT2D eigenvalue weighted by Crippen LogP contribution is 2.22. The van der Waals surface area contributed by atoms with E-state index in [1.54, 1.807) is 34.6 Å². The number of allylic oxidation sites excluding steroid dienone is 1. The van der Waals surface area contributed by atoms with E-state index < -0.39 is 254 Å². The lowest BCUT2D eigenvalue weighted by Crippen LogP contribution is -2.62. The summed E-state index contributed by atoms with van der Waals surface area (Å²) in [5.74, 6) is -20.9. The molecule has 1 aliphatic heterocycles. The zero-order valence-electron chi connectivity index (χ0n) is 68.8. The number of aliphatic imine (C=N–C) groups is 1. The first-order valence-corrected chi connectivity index (χ1v) is 39.3. The van der Waals surface area contributed by atoms with Crippen LogP contribution in [0.2, 0.25) is 0 Å². The number of carboxylic acids is 1. The number of rotatable bonds is 56. The Kier molecular flexibility index (Phi) is 45.9. The van der Waals surface area contributed by atoms with Crippen molar-refractivity contribution in [1.29, 1.82) is 0 Å². The van der Waals surface area contributed by atoms with Crippen LogP contribution in [-0.4, -0.2) is 255 Å². The smallest absolute Gasteiger partial charge is 0.303 e. The second-order valence-corrected chi connectivity index (χ2v) is 30.1. The predicted octanol–water partition coefficient (Wildman–Crippen LogP) is -6.34. The summed E-state index contributed by atoms with van der Waals surface area (Å²) in [4.78, 5) is 260. The molecule has 14 atom stereocenters. The Hall–Kier alpha value is -11.8. The maximum absolute atomic E-state index is 14.7. The minimum absolute atomic E-state index is 0.00413. The van der Waals surface area contributed by atoms with Crippen molar-refractivity contribution in [3.63, 3.8) is 0 Å². The van der Waals surface area contributed by atoms with E-state index in [2.05, 4.69) is 80.8 Å².